The molecule has 0 spiro atoms. The Morgan fingerprint density at radius 1 is 1.17 bits per heavy atom. The number of benzene rings is 1. The summed E-state index contributed by atoms with van der Waals surface area (Å²) in [5, 5.41) is 0. The van der Waals surface area contributed by atoms with Gasteiger partial charge in [0.2, 0.25) is 0 Å². The maximum atomic E-state index is 4.85. The molecule has 1 aliphatic heterocycles. The molecule has 124 valence electrons. The molecule has 2 aliphatic rings. The van der Waals surface area contributed by atoms with E-state index in [2.05, 4.69) is 56.6 Å². The van der Waals surface area contributed by atoms with Gasteiger partial charge in [-0.1, -0.05) is 20.8 Å². The Morgan fingerprint density at radius 3 is 2.70 bits per heavy atom. The summed E-state index contributed by atoms with van der Waals surface area (Å²) in [7, 11) is 0. The van der Waals surface area contributed by atoms with E-state index < -0.39 is 0 Å². The third-order valence-corrected chi connectivity index (χ3v) is 6.02. The van der Waals surface area contributed by atoms with Crippen LogP contribution < -0.4 is 0 Å². The highest BCUT2D eigenvalue weighted by atomic mass is 15.2. The molecule has 3 nitrogen and oxygen atoms in total. The van der Waals surface area contributed by atoms with Crippen molar-refractivity contribution >= 4 is 11.0 Å². The highest BCUT2D eigenvalue weighted by Gasteiger charge is 2.49. The highest BCUT2D eigenvalue weighted by molar-refractivity contribution is 5.77. The molecule has 2 aromatic rings. The van der Waals surface area contributed by atoms with Crippen LogP contribution in [0.15, 0.2) is 12.1 Å². The first-order valence-electron chi connectivity index (χ1n) is 8.93. The van der Waals surface area contributed by atoms with Crippen molar-refractivity contribution in [1.82, 2.24) is 14.9 Å². The number of hydrogen-bond donors (Lipinski definition) is 1. The molecule has 2 bridgehead atoms. The molecule has 2 fully saturated rings. The van der Waals surface area contributed by atoms with E-state index in [1.54, 1.807) is 0 Å². The van der Waals surface area contributed by atoms with Crippen LogP contribution in [-0.4, -0.2) is 27.5 Å². The van der Waals surface area contributed by atoms with Crippen LogP contribution in [0.2, 0.25) is 0 Å². The molecule has 1 N–H and O–H groups in total. The van der Waals surface area contributed by atoms with Gasteiger partial charge in [0.1, 0.15) is 5.82 Å². The summed E-state index contributed by atoms with van der Waals surface area (Å²) in [4.78, 5) is 11.1. The van der Waals surface area contributed by atoms with Gasteiger partial charge in [-0.15, -0.1) is 0 Å². The topological polar surface area (TPSA) is 31.9 Å². The highest BCUT2D eigenvalue weighted by Crippen LogP contribution is 2.52. The summed E-state index contributed by atoms with van der Waals surface area (Å²) in [6.07, 6.45) is 4.03. The summed E-state index contributed by atoms with van der Waals surface area (Å²) in [6.45, 7) is 13.9. The van der Waals surface area contributed by atoms with Crippen LogP contribution in [0.4, 0.5) is 0 Å². The Kier molecular flexibility index (Phi) is 3.19. The molecule has 2 unspecified atom stereocenters. The molecule has 1 saturated carbocycles. The number of aromatic amines is 1. The second kappa shape index (κ2) is 4.83. The normalized spacial score (nSPS) is 30.2. The number of hydrogen-bond acceptors (Lipinski definition) is 2. The van der Waals surface area contributed by atoms with Crippen LogP contribution in [0, 0.1) is 24.7 Å². The van der Waals surface area contributed by atoms with E-state index in [9.17, 15) is 0 Å². The largest absolute Gasteiger partial charge is 0.341 e. The number of fused-ring (bicyclic) bond motifs is 3. The summed E-state index contributed by atoms with van der Waals surface area (Å²) >= 11 is 0. The predicted molar refractivity (Wildman–Crippen MR) is 95.5 cm³/mol. The van der Waals surface area contributed by atoms with Crippen LogP contribution >= 0.6 is 0 Å². The average molecular weight is 311 g/mol. The standard InChI is InChI=1S/C20H29N3/c1-13-6-16-17(7-14(13)2)22-18(21-16)10-23-12-20(5)9-15(23)8-19(3,4)11-20/h6-7,15H,8-12H2,1-5H3,(H,21,22). The van der Waals surface area contributed by atoms with Gasteiger partial charge >= 0.3 is 0 Å². The van der Waals surface area contributed by atoms with Gasteiger partial charge in [0, 0.05) is 12.6 Å². The number of aromatic nitrogens is 2. The smallest absolute Gasteiger partial charge is 0.121 e. The molecule has 1 aromatic carbocycles. The Morgan fingerprint density at radius 2 is 1.91 bits per heavy atom. The first kappa shape index (κ1) is 15.2. The first-order valence-corrected chi connectivity index (χ1v) is 8.93. The Bertz CT molecular complexity index is 719. The van der Waals surface area contributed by atoms with Gasteiger partial charge in [0.05, 0.1) is 17.6 Å². The average Bonchev–Trinajstić information content (AvgIpc) is 2.87. The lowest BCUT2D eigenvalue weighted by atomic mass is 9.65. The summed E-state index contributed by atoms with van der Waals surface area (Å²) in [5.41, 5.74) is 5.91. The molecule has 3 heteroatoms. The van der Waals surface area contributed by atoms with Crippen molar-refractivity contribution in [1.29, 1.82) is 0 Å². The third-order valence-electron chi connectivity index (χ3n) is 6.02. The van der Waals surface area contributed by atoms with Crippen molar-refractivity contribution in [2.45, 2.75) is 66.5 Å². The Labute approximate surface area is 139 Å². The number of imidazole rings is 1. The van der Waals surface area contributed by atoms with E-state index in [0.29, 0.717) is 10.8 Å². The van der Waals surface area contributed by atoms with Crippen LogP contribution in [0.3, 0.4) is 0 Å². The lowest BCUT2D eigenvalue weighted by Gasteiger charge is -2.39. The predicted octanol–water partition coefficient (Wildman–Crippen LogP) is 4.58. The van der Waals surface area contributed by atoms with Crippen molar-refractivity contribution in [2.24, 2.45) is 10.8 Å². The number of nitrogens with one attached hydrogen (secondary N) is 1. The summed E-state index contributed by atoms with van der Waals surface area (Å²) in [6, 6.07) is 5.16. The van der Waals surface area contributed by atoms with Crippen molar-refractivity contribution < 1.29 is 0 Å². The lowest BCUT2D eigenvalue weighted by molar-refractivity contribution is 0.126. The van der Waals surface area contributed by atoms with Crippen molar-refractivity contribution in [2.75, 3.05) is 6.54 Å². The first-order chi connectivity index (χ1) is 10.7. The fourth-order valence-electron chi connectivity index (χ4n) is 5.35. The zero-order chi connectivity index (χ0) is 16.4. The zero-order valence-corrected chi connectivity index (χ0v) is 15.2. The fraction of sp³-hybridized carbons (Fsp3) is 0.650. The number of nitrogens with zero attached hydrogens (tertiary/aromatic N) is 2. The molecular formula is C20H29N3. The Balaban J connectivity index is 1.59. The van der Waals surface area contributed by atoms with Crippen LogP contribution in [0.5, 0.6) is 0 Å². The molecular weight excluding hydrogens is 282 g/mol. The minimum Gasteiger partial charge on any atom is -0.341 e. The fourth-order valence-corrected chi connectivity index (χ4v) is 5.35. The van der Waals surface area contributed by atoms with E-state index in [0.717, 1.165) is 23.9 Å². The number of aryl methyl sites for hydroxylation is 2. The van der Waals surface area contributed by atoms with Crippen molar-refractivity contribution in [3.63, 3.8) is 0 Å². The third kappa shape index (κ3) is 2.69. The summed E-state index contributed by atoms with van der Waals surface area (Å²) in [5.74, 6) is 1.12. The second-order valence-electron chi connectivity index (χ2n) is 9.26. The maximum Gasteiger partial charge on any atom is 0.121 e. The minimum absolute atomic E-state index is 0.481. The van der Waals surface area contributed by atoms with Gasteiger partial charge < -0.3 is 4.98 Å². The zero-order valence-electron chi connectivity index (χ0n) is 15.2. The lowest BCUT2D eigenvalue weighted by Crippen LogP contribution is -2.34. The molecule has 23 heavy (non-hydrogen) atoms. The van der Waals surface area contributed by atoms with Gasteiger partial charge in [-0.05, 0) is 67.2 Å². The molecule has 2 atom stereocenters. The maximum absolute atomic E-state index is 4.85. The van der Waals surface area contributed by atoms with E-state index in [1.165, 1.54) is 42.5 Å². The van der Waals surface area contributed by atoms with Gasteiger partial charge in [0.25, 0.3) is 0 Å². The van der Waals surface area contributed by atoms with Gasteiger partial charge in [-0.3, -0.25) is 4.90 Å². The van der Waals surface area contributed by atoms with E-state index in [-0.39, 0.29) is 0 Å². The van der Waals surface area contributed by atoms with Crippen LogP contribution in [0.1, 0.15) is 57.0 Å². The monoisotopic (exact) mass is 311 g/mol. The second-order valence-corrected chi connectivity index (χ2v) is 9.26. The summed E-state index contributed by atoms with van der Waals surface area (Å²) < 4.78 is 0. The van der Waals surface area contributed by atoms with Crippen LogP contribution in [0.25, 0.3) is 11.0 Å². The number of H-pyrrole nitrogens is 1. The van der Waals surface area contributed by atoms with Crippen LogP contribution in [-0.2, 0) is 6.54 Å². The molecule has 1 aromatic heterocycles. The SMILES string of the molecule is Cc1cc2nc(CN3CC4(C)CC3CC(C)(C)C4)[nH]c2cc1C. The molecule has 0 radical (unpaired) electrons. The number of likely N-dealkylation sites (tertiary alicyclic amines) is 1. The van der Waals surface area contributed by atoms with Gasteiger partial charge in [-0.2, -0.15) is 0 Å². The van der Waals surface area contributed by atoms with Crippen molar-refractivity contribution in [3.8, 4) is 0 Å². The minimum atomic E-state index is 0.481. The van der Waals surface area contributed by atoms with E-state index in [1.807, 2.05) is 0 Å². The van der Waals surface area contributed by atoms with Gasteiger partial charge in [-0.25, -0.2) is 4.98 Å². The molecule has 2 heterocycles. The molecule has 1 saturated heterocycles. The molecule has 0 amide bonds. The van der Waals surface area contributed by atoms with Crippen molar-refractivity contribution in [3.05, 3.63) is 29.1 Å². The van der Waals surface area contributed by atoms with E-state index >= 15 is 0 Å². The molecule has 4 rings (SSSR count). The quantitative estimate of drug-likeness (QED) is 0.880. The molecule has 1 aliphatic carbocycles. The van der Waals surface area contributed by atoms with Gasteiger partial charge in [0.15, 0.2) is 0 Å². The Hall–Kier alpha value is -1.35. The van der Waals surface area contributed by atoms with E-state index in [4.69, 9.17) is 4.98 Å². The number of rotatable bonds is 2.